The van der Waals surface area contributed by atoms with Crippen molar-refractivity contribution in [1.29, 1.82) is 0 Å². The van der Waals surface area contributed by atoms with E-state index in [-0.39, 0.29) is 10.8 Å². The van der Waals surface area contributed by atoms with E-state index in [2.05, 4.69) is 19.9 Å². The van der Waals surface area contributed by atoms with E-state index in [0.29, 0.717) is 17.2 Å². The summed E-state index contributed by atoms with van der Waals surface area (Å²) in [6, 6.07) is 5.52. The van der Waals surface area contributed by atoms with E-state index in [9.17, 15) is 13.2 Å². The molecule has 3 rings (SSSR count). The smallest absolute Gasteiger partial charge is 0.253 e. The normalized spacial score (nSPS) is 16.2. The van der Waals surface area contributed by atoms with Gasteiger partial charge in [-0.2, -0.15) is 5.10 Å². The number of hydrogen-bond donors (Lipinski definition) is 2. The van der Waals surface area contributed by atoms with Gasteiger partial charge in [-0.1, -0.05) is 6.07 Å². The SMILES string of the molecule is Cc1nc([C@H](C)NS(=O)(=O)c2cccc(C(=O)N3CCCC3)c2)n[nH]1. The first-order valence-electron chi connectivity index (χ1n) is 8.17. The van der Waals surface area contributed by atoms with Gasteiger partial charge in [-0.05, 0) is 44.9 Å². The highest BCUT2D eigenvalue weighted by molar-refractivity contribution is 7.89. The van der Waals surface area contributed by atoms with E-state index in [4.69, 9.17) is 0 Å². The Morgan fingerprint density at radius 1 is 1.32 bits per heavy atom. The summed E-state index contributed by atoms with van der Waals surface area (Å²) in [6.45, 7) is 4.84. The molecule has 0 spiro atoms. The third-order valence-corrected chi connectivity index (χ3v) is 5.66. The molecular weight excluding hydrogens is 342 g/mol. The summed E-state index contributed by atoms with van der Waals surface area (Å²) in [6.07, 6.45) is 1.97. The van der Waals surface area contributed by atoms with Gasteiger partial charge >= 0.3 is 0 Å². The van der Waals surface area contributed by atoms with Gasteiger partial charge in [-0.3, -0.25) is 9.89 Å². The molecule has 1 aromatic carbocycles. The molecule has 25 heavy (non-hydrogen) atoms. The van der Waals surface area contributed by atoms with E-state index in [1.165, 1.54) is 12.1 Å². The number of sulfonamides is 1. The summed E-state index contributed by atoms with van der Waals surface area (Å²) in [7, 11) is -3.79. The number of aryl methyl sites for hydroxylation is 1. The van der Waals surface area contributed by atoms with Gasteiger partial charge in [0.15, 0.2) is 5.82 Å². The number of nitrogens with one attached hydrogen (secondary N) is 2. The van der Waals surface area contributed by atoms with Crippen LogP contribution in [-0.4, -0.2) is 47.5 Å². The molecule has 0 saturated carbocycles. The first-order chi connectivity index (χ1) is 11.9. The fraction of sp³-hybridized carbons (Fsp3) is 0.438. The molecule has 1 aromatic heterocycles. The van der Waals surface area contributed by atoms with Gasteiger partial charge in [0.05, 0.1) is 10.9 Å². The Labute approximate surface area is 146 Å². The highest BCUT2D eigenvalue weighted by Gasteiger charge is 2.24. The Balaban J connectivity index is 1.80. The lowest BCUT2D eigenvalue weighted by Gasteiger charge is -2.16. The van der Waals surface area contributed by atoms with Gasteiger partial charge in [-0.25, -0.2) is 18.1 Å². The van der Waals surface area contributed by atoms with Crippen LogP contribution >= 0.6 is 0 Å². The summed E-state index contributed by atoms with van der Waals surface area (Å²) in [5.74, 6) is 0.844. The van der Waals surface area contributed by atoms with Crippen LogP contribution in [0.25, 0.3) is 0 Å². The molecule has 8 nitrogen and oxygen atoms in total. The number of amides is 1. The van der Waals surface area contributed by atoms with Crippen molar-refractivity contribution in [1.82, 2.24) is 24.8 Å². The number of benzene rings is 1. The average molecular weight is 363 g/mol. The molecule has 134 valence electrons. The van der Waals surface area contributed by atoms with E-state index in [0.717, 1.165) is 25.9 Å². The Bertz CT molecular complexity index is 871. The number of aromatic amines is 1. The quantitative estimate of drug-likeness (QED) is 0.834. The number of nitrogens with zero attached hydrogens (tertiary/aromatic N) is 3. The van der Waals surface area contributed by atoms with Crippen LogP contribution in [0.4, 0.5) is 0 Å². The Kier molecular flexibility index (Phi) is 4.87. The lowest BCUT2D eigenvalue weighted by Crippen LogP contribution is -2.29. The molecule has 0 aliphatic carbocycles. The zero-order valence-electron chi connectivity index (χ0n) is 14.2. The monoisotopic (exact) mass is 363 g/mol. The number of hydrogen-bond acceptors (Lipinski definition) is 5. The molecule has 2 N–H and O–H groups in total. The van der Waals surface area contributed by atoms with E-state index in [1.807, 2.05) is 0 Å². The highest BCUT2D eigenvalue weighted by Crippen LogP contribution is 2.18. The van der Waals surface area contributed by atoms with E-state index in [1.54, 1.807) is 30.9 Å². The minimum atomic E-state index is -3.79. The zero-order valence-corrected chi connectivity index (χ0v) is 15.0. The Morgan fingerprint density at radius 2 is 2.04 bits per heavy atom. The summed E-state index contributed by atoms with van der Waals surface area (Å²) < 4.78 is 27.8. The van der Waals surface area contributed by atoms with Crippen molar-refractivity contribution < 1.29 is 13.2 Å². The fourth-order valence-electron chi connectivity index (χ4n) is 2.81. The van der Waals surface area contributed by atoms with Crippen LogP contribution < -0.4 is 4.72 Å². The zero-order chi connectivity index (χ0) is 18.0. The maximum Gasteiger partial charge on any atom is 0.253 e. The largest absolute Gasteiger partial charge is 0.339 e. The van der Waals surface area contributed by atoms with Crippen LogP contribution in [0.5, 0.6) is 0 Å². The van der Waals surface area contributed by atoms with Gasteiger partial charge in [0.25, 0.3) is 5.91 Å². The van der Waals surface area contributed by atoms with Crippen LogP contribution in [0.3, 0.4) is 0 Å². The number of aromatic nitrogens is 3. The number of likely N-dealkylation sites (tertiary alicyclic amines) is 1. The molecule has 1 aliphatic heterocycles. The van der Waals surface area contributed by atoms with Crippen molar-refractivity contribution in [3.05, 3.63) is 41.5 Å². The van der Waals surface area contributed by atoms with Crippen molar-refractivity contribution >= 4 is 15.9 Å². The van der Waals surface area contributed by atoms with Gasteiger partial charge in [-0.15, -0.1) is 0 Å². The third kappa shape index (κ3) is 3.88. The van der Waals surface area contributed by atoms with Crippen molar-refractivity contribution in [2.45, 2.75) is 37.6 Å². The molecule has 9 heteroatoms. The maximum atomic E-state index is 12.6. The summed E-state index contributed by atoms with van der Waals surface area (Å²) in [5.41, 5.74) is 0.381. The van der Waals surface area contributed by atoms with Crippen molar-refractivity contribution in [3.8, 4) is 0 Å². The molecule has 1 saturated heterocycles. The molecule has 1 amide bonds. The lowest BCUT2D eigenvalue weighted by molar-refractivity contribution is 0.0792. The second-order valence-corrected chi connectivity index (χ2v) is 7.86. The first-order valence-corrected chi connectivity index (χ1v) is 9.66. The molecule has 1 fully saturated rings. The maximum absolute atomic E-state index is 12.6. The first kappa shape index (κ1) is 17.6. The van der Waals surface area contributed by atoms with Gasteiger partial charge in [0.2, 0.25) is 10.0 Å². The van der Waals surface area contributed by atoms with E-state index < -0.39 is 16.1 Å². The molecular formula is C16H21N5O3S. The van der Waals surface area contributed by atoms with Crippen molar-refractivity contribution in [3.63, 3.8) is 0 Å². The van der Waals surface area contributed by atoms with Gasteiger partial charge in [0.1, 0.15) is 5.82 Å². The predicted molar refractivity (Wildman–Crippen MR) is 91.4 cm³/mol. The van der Waals surface area contributed by atoms with Crippen LogP contribution in [0.2, 0.25) is 0 Å². The molecule has 0 bridgehead atoms. The molecule has 1 aliphatic rings. The van der Waals surface area contributed by atoms with Crippen LogP contribution in [0.15, 0.2) is 29.2 Å². The summed E-state index contributed by atoms with van der Waals surface area (Å²) in [5, 5.41) is 6.65. The van der Waals surface area contributed by atoms with Crippen LogP contribution in [-0.2, 0) is 10.0 Å². The second kappa shape index (κ2) is 6.93. The van der Waals surface area contributed by atoms with Crippen LogP contribution in [0, 0.1) is 6.92 Å². The second-order valence-electron chi connectivity index (χ2n) is 6.15. The predicted octanol–water partition coefficient (Wildman–Crippen LogP) is 1.39. The summed E-state index contributed by atoms with van der Waals surface area (Å²) in [4.78, 5) is 18.4. The summed E-state index contributed by atoms with van der Waals surface area (Å²) >= 11 is 0. The van der Waals surface area contributed by atoms with Crippen molar-refractivity contribution in [2.24, 2.45) is 0 Å². The number of H-pyrrole nitrogens is 1. The molecule has 2 aromatic rings. The Hall–Kier alpha value is -2.26. The highest BCUT2D eigenvalue weighted by atomic mass is 32.2. The van der Waals surface area contributed by atoms with E-state index >= 15 is 0 Å². The topological polar surface area (TPSA) is 108 Å². The van der Waals surface area contributed by atoms with Gasteiger partial charge in [0, 0.05) is 18.7 Å². The number of carbonyl (C=O) groups is 1. The average Bonchev–Trinajstić information content (AvgIpc) is 3.25. The fourth-order valence-corrected chi connectivity index (χ4v) is 4.05. The minimum absolute atomic E-state index is 0.0525. The lowest BCUT2D eigenvalue weighted by atomic mass is 10.2. The third-order valence-electron chi connectivity index (χ3n) is 4.12. The number of carbonyl (C=O) groups excluding carboxylic acids is 1. The molecule has 0 radical (unpaired) electrons. The standard InChI is InChI=1S/C16H21N5O3S/c1-11(15-17-12(2)18-19-15)20-25(23,24)14-7-5-6-13(10-14)16(22)21-8-3-4-9-21/h5-7,10-11,20H,3-4,8-9H2,1-2H3,(H,17,18,19)/t11-/m0/s1. The van der Waals surface area contributed by atoms with Crippen molar-refractivity contribution in [2.75, 3.05) is 13.1 Å². The van der Waals surface area contributed by atoms with Gasteiger partial charge < -0.3 is 4.90 Å². The molecule has 2 heterocycles. The number of rotatable bonds is 5. The Morgan fingerprint density at radius 3 is 2.68 bits per heavy atom. The minimum Gasteiger partial charge on any atom is -0.339 e. The molecule has 1 atom stereocenters. The molecule has 0 unspecified atom stereocenters. The van der Waals surface area contributed by atoms with Crippen LogP contribution in [0.1, 0.15) is 47.8 Å².